The first-order valence-corrected chi connectivity index (χ1v) is 11.6. The summed E-state index contributed by atoms with van der Waals surface area (Å²) in [4.78, 5) is 38.8. The summed E-state index contributed by atoms with van der Waals surface area (Å²) < 4.78 is 16.5. The van der Waals surface area contributed by atoms with E-state index in [0.717, 1.165) is 25.7 Å². The number of hydrogen-bond donors (Lipinski definition) is 3. The second-order valence-electron chi connectivity index (χ2n) is 8.76. The molecule has 0 heterocycles. The zero-order valence-corrected chi connectivity index (χ0v) is 21.1. The summed E-state index contributed by atoms with van der Waals surface area (Å²) in [5.74, 6) is -1.63. The van der Waals surface area contributed by atoms with Crippen molar-refractivity contribution in [1.82, 2.24) is 20.9 Å². The molecule has 0 saturated carbocycles. The highest BCUT2D eigenvalue weighted by Gasteiger charge is 2.42. The Labute approximate surface area is 193 Å². The molecular formula is C22H44N4O6. The van der Waals surface area contributed by atoms with Crippen LogP contribution in [0.15, 0.2) is 0 Å². The maximum Gasteiger partial charge on any atom is 0.411 e. The average Bonchev–Trinajstić information content (AvgIpc) is 2.64. The van der Waals surface area contributed by atoms with Crippen LogP contribution in [0.2, 0.25) is 0 Å². The van der Waals surface area contributed by atoms with E-state index in [1.165, 1.54) is 6.92 Å². The van der Waals surface area contributed by atoms with Gasteiger partial charge in [0.1, 0.15) is 5.60 Å². The molecule has 32 heavy (non-hydrogen) atoms. The van der Waals surface area contributed by atoms with E-state index >= 15 is 0 Å². The summed E-state index contributed by atoms with van der Waals surface area (Å²) in [5.41, 5.74) is -0.745. The highest BCUT2D eigenvalue weighted by molar-refractivity contribution is 5.71. The van der Waals surface area contributed by atoms with Crippen LogP contribution in [0.25, 0.3) is 0 Å². The van der Waals surface area contributed by atoms with Gasteiger partial charge in [-0.3, -0.25) is 5.32 Å². The van der Waals surface area contributed by atoms with Crippen LogP contribution in [-0.4, -0.2) is 60.5 Å². The van der Waals surface area contributed by atoms with Crippen molar-refractivity contribution in [3.63, 3.8) is 0 Å². The van der Waals surface area contributed by atoms with Crippen LogP contribution >= 0.6 is 0 Å². The molecule has 188 valence electrons. The predicted octanol–water partition coefficient (Wildman–Crippen LogP) is 4.30. The van der Waals surface area contributed by atoms with Crippen molar-refractivity contribution in [3.05, 3.63) is 0 Å². The summed E-state index contributed by atoms with van der Waals surface area (Å²) >= 11 is 0. The molecule has 0 aromatic heterocycles. The van der Waals surface area contributed by atoms with Gasteiger partial charge in [0.25, 0.3) is 5.85 Å². The number of nitrogens with one attached hydrogen (secondary N) is 3. The Morgan fingerprint density at radius 3 is 1.81 bits per heavy atom. The molecular weight excluding hydrogens is 416 g/mol. The lowest BCUT2D eigenvalue weighted by Gasteiger charge is -2.42. The molecule has 0 aromatic carbocycles. The summed E-state index contributed by atoms with van der Waals surface area (Å²) in [6, 6.07) is 0. The van der Waals surface area contributed by atoms with Gasteiger partial charge in [-0.2, -0.15) is 0 Å². The molecule has 0 aliphatic heterocycles. The number of unbranched alkanes of at least 4 members (excludes halogenated alkanes) is 2. The zero-order valence-electron chi connectivity index (χ0n) is 21.1. The van der Waals surface area contributed by atoms with Gasteiger partial charge in [-0.25, -0.2) is 19.3 Å². The molecule has 2 atom stereocenters. The molecule has 0 saturated heterocycles. The van der Waals surface area contributed by atoms with Gasteiger partial charge in [0.05, 0.1) is 0 Å². The van der Waals surface area contributed by atoms with E-state index in [-0.39, 0.29) is 0 Å². The van der Waals surface area contributed by atoms with Gasteiger partial charge in [0, 0.05) is 26.6 Å². The molecule has 10 heteroatoms. The minimum atomic E-state index is -1.63. The SMILES string of the molecule is CCCCNC(=O)OC(C)N(CCC)C(C)(NC(=O)OC(C)(C)C)OC(=O)NCCCC. The lowest BCUT2D eigenvalue weighted by Crippen LogP contribution is -2.65. The van der Waals surface area contributed by atoms with Gasteiger partial charge in [-0.05, 0) is 47.0 Å². The molecule has 0 aliphatic rings. The normalized spacial score (nSPS) is 14.2. The zero-order chi connectivity index (χ0) is 24.8. The Bertz CT molecular complexity index is 581. The number of nitrogens with zero attached hydrogens (tertiary/aromatic N) is 1. The number of carbonyl (C=O) groups excluding carboxylic acids is 3. The second kappa shape index (κ2) is 14.8. The minimum Gasteiger partial charge on any atom is -0.444 e. The smallest absolute Gasteiger partial charge is 0.411 e. The first kappa shape index (κ1) is 29.8. The molecule has 10 nitrogen and oxygen atoms in total. The van der Waals surface area contributed by atoms with Crippen LogP contribution in [-0.2, 0) is 14.2 Å². The third kappa shape index (κ3) is 12.6. The molecule has 0 aromatic rings. The summed E-state index contributed by atoms with van der Waals surface area (Å²) in [5, 5.41) is 7.99. The maximum atomic E-state index is 12.6. The van der Waals surface area contributed by atoms with Crippen LogP contribution in [0.4, 0.5) is 14.4 Å². The molecule has 0 bridgehead atoms. The fraction of sp³-hybridized carbons (Fsp3) is 0.864. The fourth-order valence-corrected chi connectivity index (χ4v) is 2.84. The van der Waals surface area contributed by atoms with Gasteiger partial charge in [0.2, 0.25) is 0 Å². The molecule has 0 aliphatic carbocycles. The molecule has 0 spiro atoms. The van der Waals surface area contributed by atoms with Crippen molar-refractivity contribution < 1.29 is 28.6 Å². The minimum absolute atomic E-state index is 0.373. The first-order chi connectivity index (χ1) is 14.9. The number of hydrogen-bond acceptors (Lipinski definition) is 7. The lowest BCUT2D eigenvalue weighted by molar-refractivity contribution is -0.176. The molecule has 0 fully saturated rings. The summed E-state index contributed by atoms with van der Waals surface area (Å²) in [6.45, 7) is 15.7. The number of amides is 3. The predicted molar refractivity (Wildman–Crippen MR) is 123 cm³/mol. The van der Waals surface area contributed by atoms with Gasteiger partial charge < -0.3 is 24.8 Å². The fourth-order valence-electron chi connectivity index (χ4n) is 2.84. The Morgan fingerprint density at radius 1 is 0.812 bits per heavy atom. The first-order valence-electron chi connectivity index (χ1n) is 11.6. The van der Waals surface area contributed by atoms with E-state index in [9.17, 15) is 14.4 Å². The maximum absolute atomic E-state index is 12.6. The van der Waals surface area contributed by atoms with E-state index in [1.54, 1.807) is 32.6 Å². The van der Waals surface area contributed by atoms with Crippen molar-refractivity contribution in [3.8, 4) is 0 Å². The molecule has 0 radical (unpaired) electrons. The van der Waals surface area contributed by atoms with Crippen LogP contribution in [0.5, 0.6) is 0 Å². The standard InChI is InChI=1S/C22H44N4O6/c1-9-12-14-23-18(27)30-17(4)26(16-11-3)22(8,25-20(29)31-21(5,6)7)32-19(28)24-15-13-10-2/h17H,9-16H2,1-8H3,(H,23,27)(H,24,28)(H,25,29). The summed E-state index contributed by atoms with van der Waals surface area (Å²) in [6.07, 6.45) is 1.28. The quantitative estimate of drug-likeness (QED) is 0.213. The largest absolute Gasteiger partial charge is 0.444 e. The number of alkyl carbamates (subject to hydrolysis) is 3. The lowest BCUT2D eigenvalue weighted by atomic mass is 10.2. The van der Waals surface area contributed by atoms with Crippen molar-refractivity contribution in [1.29, 1.82) is 0 Å². The molecule has 0 rings (SSSR count). The van der Waals surface area contributed by atoms with Gasteiger partial charge in [-0.1, -0.05) is 33.6 Å². The van der Waals surface area contributed by atoms with Gasteiger partial charge >= 0.3 is 18.3 Å². The highest BCUT2D eigenvalue weighted by Crippen LogP contribution is 2.21. The van der Waals surface area contributed by atoms with E-state index in [2.05, 4.69) is 16.0 Å². The number of carbonyl (C=O) groups is 3. The van der Waals surface area contributed by atoms with Crippen LogP contribution in [0, 0.1) is 0 Å². The number of ether oxygens (including phenoxy) is 3. The van der Waals surface area contributed by atoms with Gasteiger partial charge in [-0.15, -0.1) is 0 Å². The van der Waals surface area contributed by atoms with Crippen molar-refractivity contribution in [2.45, 2.75) is 105 Å². The second-order valence-corrected chi connectivity index (χ2v) is 8.76. The Kier molecular flexibility index (Phi) is 13.7. The average molecular weight is 461 g/mol. The van der Waals surface area contributed by atoms with Crippen molar-refractivity contribution in [2.24, 2.45) is 0 Å². The van der Waals surface area contributed by atoms with E-state index in [0.29, 0.717) is 26.1 Å². The van der Waals surface area contributed by atoms with E-state index in [1.807, 2.05) is 20.8 Å². The Morgan fingerprint density at radius 2 is 1.34 bits per heavy atom. The van der Waals surface area contributed by atoms with Crippen LogP contribution < -0.4 is 16.0 Å². The van der Waals surface area contributed by atoms with Crippen molar-refractivity contribution >= 4 is 18.3 Å². The van der Waals surface area contributed by atoms with Crippen LogP contribution in [0.3, 0.4) is 0 Å². The Balaban J connectivity index is 5.59. The van der Waals surface area contributed by atoms with Crippen LogP contribution in [0.1, 0.15) is 87.5 Å². The highest BCUT2D eigenvalue weighted by atomic mass is 16.6. The third-order valence-corrected chi connectivity index (χ3v) is 4.35. The van der Waals surface area contributed by atoms with Crippen molar-refractivity contribution in [2.75, 3.05) is 19.6 Å². The third-order valence-electron chi connectivity index (χ3n) is 4.35. The van der Waals surface area contributed by atoms with E-state index in [4.69, 9.17) is 14.2 Å². The number of rotatable bonds is 13. The monoisotopic (exact) mass is 460 g/mol. The Hall–Kier alpha value is -2.23. The molecule has 2 unspecified atom stereocenters. The molecule has 3 amide bonds. The van der Waals surface area contributed by atoms with Gasteiger partial charge in [0.15, 0.2) is 6.23 Å². The summed E-state index contributed by atoms with van der Waals surface area (Å²) in [7, 11) is 0. The topological polar surface area (TPSA) is 118 Å². The molecule has 3 N–H and O–H groups in total. The van der Waals surface area contributed by atoms with E-state index < -0.39 is 36.0 Å².